The van der Waals surface area contributed by atoms with Crippen molar-refractivity contribution in [1.29, 1.82) is 0 Å². The molecular formula is C10H13NO3. The summed E-state index contributed by atoms with van der Waals surface area (Å²) in [5.41, 5.74) is 0.152. The van der Waals surface area contributed by atoms with Crippen LogP contribution in [-0.4, -0.2) is 41.5 Å². The van der Waals surface area contributed by atoms with E-state index in [2.05, 4.69) is 0 Å². The van der Waals surface area contributed by atoms with Gasteiger partial charge in [0.2, 0.25) is 0 Å². The Morgan fingerprint density at radius 1 is 1.36 bits per heavy atom. The Hall–Kier alpha value is -1.55. The lowest BCUT2D eigenvalue weighted by molar-refractivity contribution is 0.0954. The second kappa shape index (κ2) is 4.11. The molecule has 1 aromatic carbocycles. The molecule has 76 valence electrons. The summed E-state index contributed by atoms with van der Waals surface area (Å²) < 4.78 is 0. The minimum Gasteiger partial charge on any atom is -0.504 e. The van der Waals surface area contributed by atoms with Gasteiger partial charge in [0.15, 0.2) is 17.3 Å². The second-order valence-corrected chi connectivity index (χ2v) is 3.33. The number of phenolic OH excluding ortho intramolecular Hbond substituents is 2. The van der Waals surface area contributed by atoms with Crippen LogP contribution < -0.4 is 0 Å². The van der Waals surface area contributed by atoms with Crippen LogP contribution in [0.3, 0.4) is 0 Å². The smallest absolute Gasteiger partial charge is 0.180 e. The van der Waals surface area contributed by atoms with E-state index in [1.165, 1.54) is 18.2 Å². The number of aromatic hydroxyl groups is 2. The molecule has 0 saturated carbocycles. The van der Waals surface area contributed by atoms with Crippen molar-refractivity contribution in [3.63, 3.8) is 0 Å². The maximum Gasteiger partial charge on any atom is 0.180 e. The topological polar surface area (TPSA) is 60.8 Å². The number of hydrogen-bond acceptors (Lipinski definition) is 4. The summed E-state index contributed by atoms with van der Waals surface area (Å²) in [5, 5.41) is 18.6. The minimum absolute atomic E-state index is 0.152. The van der Waals surface area contributed by atoms with Crippen molar-refractivity contribution in [2.75, 3.05) is 20.6 Å². The number of ketones is 1. The lowest BCUT2D eigenvalue weighted by Gasteiger charge is -2.09. The van der Waals surface area contributed by atoms with E-state index in [9.17, 15) is 9.90 Å². The summed E-state index contributed by atoms with van der Waals surface area (Å²) in [7, 11) is 3.52. The molecule has 0 aliphatic carbocycles. The molecule has 1 aromatic rings. The first-order valence-corrected chi connectivity index (χ1v) is 4.21. The summed E-state index contributed by atoms with van der Waals surface area (Å²) in [5.74, 6) is -0.836. The number of hydrogen-bond donors (Lipinski definition) is 2. The predicted molar refractivity (Wildman–Crippen MR) is 52.7 cm³/mol. The Morgan fingerprint density at radius 2 is 2.00 bits per heavy atom. The van der Waals surface area contributed by atoms with Gasteiger partial charge in [0.1, 0.15) is 0 Å². The summed E-state index contributed by atoms with van der Waals surface area (Å²) >= 11 is 0. The zero-order valence-electron chi connectivity index (χ0n) is 8.19. The summed E-state index contributed by atoms with van der Waals surface area (Å²) in [4.78, 5) is 13.2. The molecule has 2 N–H and O–H groups in total. The number of nitrogens with zero attached hydrogens (tertiary/aromatic N) is 1. The average molecular weight is 195 g/mol. The fourth-order valence-electron chi connectivity index (χ4n) is 1.13. The zero-order valence-corrected chi connectivity index (χ0v) is 8.19. The molecule has 0 radical (unpaired) electrons. The van der Waals surface area contributed by atoms with Crippen LogP contribution in [0.5, 0.6) is 11.5 Å². The highest BCUT2D eigenvalue weighted by Gasteiger charge is 2.13. The maximum absolute atomic E-state index is 11.5. The predicted octanol–water partition coefficient (Wildman–Crippen LogP) is 0.842. The number of phenols is 2. The van der Waals surface area contributed by atoms with Crippen LogP contribution in [0.4, 0.5) is 0 Å². The van der Waals surface area contributed by atoms with Gasteiger partial charge in [0.25, 0.3) is 0 Å². The van der Waals surface area contributed by atoms with Gasteiger partial charge in [-0.15, -0.1) is 0 Å². The van der Waals surface area contributed by atoms with Crippen LogP contribution in [0.2, 0.25) is 0 Å². The third-order valence-corrected chi connectivity index (χ3v) is 1.77. The molecule has 0 aliphatic heterocycles. The van der Waals surface area contributed by atoms with Crippen LogP contribution in [-0.2, 0) is 0 Å². The van der Waals surface area contributed by atoms with E-state index in [1.807, 2.05) is 0 Å². The van der Waals surface area contributed by atoms with Gasteiger partial charge < -0.3 is 15.1 Å². The number of carbonyl (C=O) groups excluding carboxylic acids is 1. The maximum atomic E-state index is 11.5. The minimum atomic E-state index is -0.348. The Kier molecular flexibility index (Phi) is 3.09. The Morgan fingerprint density at radius 3 is 2.57 bits per heavy atom. The number of carbonyl (C=O) groups is 1. The van der Waals surface area contributed by atoms with E-state index < -0.39 is 0 Å². The zero-order chi connectivity index (χ0) is 10.7. The largest absolute Gasteiger partial charge is 0.504 e. The quantitative estimate of drug-likeness (QED) is 0.554. The SMILES string of the molecule is CN(C)CC(=O)c1cccc(O)c1O. The molecule has 0 heterocycles. The van der Waals surface area contributed by atoms with Crippen molar-refractivity contribution in [3.05, 3.63) is 23.8 Å². The fourth-order valence-corrected chi connectivity index (χ4v) is 1.13. The lowest BCUT2D eigenvalue weighted by atomic mass is 10.1. The third kappa shape index (κ3) is 2.23. The summed E-state index contributed by atoms with van der Waals surface area (Å²) in [6.07, 6.45) is 0. The third-order valence-electron chi connectivity index (χ3n) is 1.77. The van der Waals surface area contributed by atoms with Crippen LogP contribution in [0.1, 0.15) is 10.4 Å². The molecule has 0 spiro atoms. The van der Waals surface area contributed by atoms with E-state index in [1.54, 1.807) is 19.0 Å². The van der Waals surface area contributed by atoms with Crippen molar-refractivity contribution in [2.24, 2.45) is 0 Å². The van der Waals surface area contributed by atoms with E-state index >= 15 is 0 Å². The van der Waals surface area contributed by atoms with Gasteiger partial charge in [-0.25, -0.2) is 0 Å². The summed E-state index contributed by atoms with van der Waals surface area (Å²) in [6, 6.07) is 4.35. The average Bonchev–Trinajstić information content (AvgIpc) is 2.08. The van der Waals surface area contributed by atoms with Crippen LogP contribution in [0.25, 0.3) is 0 Å². The Balaban J connectivity index is 2.96. The molecule has 0 unspecified atom stereocenters. The lowest BCUT2D eigenvalue weighted by Crippen LogP contribution is -2.21. The Bertz CT molecular complexity index is 347. The first-order valence-electron chi connectivity index (χ1n) is 4.21. The Labute approximate surface area is 82.4 Å². The molecule has 4 heteroatoms. The van der Waals surface area contributed by atoms with Gasteiger partial charge in [-0.1, -0.05) is 6.07 Å². The molecule has 0 fully saturated rings. The van der Waals surface area contributed by atoms with Gasteiger partial charge in [-0.3, -0.25) is 4.79 Å². The molecule has 1 rings (SSSR count). The van der Waals surface area contributed by atoms with E-state index in [0.717, 1.165) is 0 Å². The highest BCUT2D eigenvalue weighted by molar-refractivity contribution is 6.00. The highest BCUT2D eigenvalue weighted by Crippen LogP contribution is 2.28. The number of likely N-dealkylation sites (N-methyl/N-ethyl adjacent to an activating group) is 1. The van der Waals surface area contributed by atoms with Crippen molar-refractivity contribution in [1.82, 2.24) is 4.90 Å². The first kappa shape index (κ1) is 10.5. The number of rotatable bonds is 3. The van der Waals surface area contributed by atoms with Crippen molar-refractivity contribution in [3.8, 4) is 11.5 Å². The molecular weight excluding hydrogens is 182 g/mol. The van der Waals surface area contributed by atoms with Crippen LogP contribution >= 0.6 is 0 Å². The standard InChI is InChI=1S/C10H13NO3/c1-11(2)6-9(13)7-4-3-5-8(12)10(7)14/h3-5,12,14H,6H2,1-2H3. The van der Waals surface area contributed by atoms with Crippen molar-refractivity contribution in [2.45, 2.75) is 0 Å². The number of Topliss-reactive ketones (excluding diaryl/α,β-unsaturated/α-hetero) is 1. The van der Waals surface area contributed by atoms with Gasteiger partial charge >= 0.3 is 0 Å². The molecule has 0 bridgehead atoms. The van der Waals surface area contributed by atoms with Gasteiger partial charge in [-0.05, 0) is 26.2 Å². The van der Waals surface area contributed by atoms with Gasteiger partial charge in [-0.2, -0.15) is 0 Å². The number of benzene rings is 1. The molecule has 0 atom stereocenters. The van der Waals surface area contributed by atoms with E-state index in [4.69, 9.17) is 5.11 Å². The fraction of sp³-hybridized carbons (Fsp3) is 0.300. The molecule has 0 saturated heterocycles. The van der Waals surface area contributed by atoms with Gasteiger partial charge in [0.05, 0.1) is 12.1 Å². The highest BCUT2D eigenvalue weighted by atomic mass is 16.3. The second-order valence-electron chi connectivity index (χ2n) is 3.33. The molecule has 14 heavy (non-hydrogen) atoms. The van der Waals surface area contributed by atoms with E-state index in [0.29, 0.717) is 0 Å². The van der Waals surface area contributed by atoms with E-state index in [-0.39, 0.29) is 29.4 Å². The van der Waals surface area contributed by atoms with Crippen molar-refractivity contribution < 1.29 is 15.0 Å². The molecule has 0 amide bonds. The molecule has 4 nitrogen and oxygen atoms in total. The normalized spacial score (nSPS) is 10.5. The molecule has 0 aliphatic rings. The van der Waals surface area contributed by atoms with Crippen LogP contribution in [0.15, 0.2) is 18.2 Å². The number of para-hydroxylation sites is 1. The molecule has 0 aromatic heterocycles. The first-order chi connectivity index (χ1) is 6.52. The summed E-state index contributed by atoms with van der Waals surface area (Å²) in [6.45, 7) is 0.205. The van der Waals surface area contributed by atoms with Gasteiger partial charge in [0, 0.05) is 0 Å². The van der Waals surface area contributed by atoms with Crippen molar-refractivity contribution >= 4 is 5.78 Å². The monoisotopic (exact) mass is 195 g/mol. The van der Waals surface area contributed by atoms with Crippen LogP contribution in [0, 0.1) is 0 Å².